The summed E-state index contributed by atoms with van der Waals surface area (Å²) in [5.41, 5.74) is 1.53. The molecule has 1 aliphatic rings. The smallest absolute Gasteiger partial charge is 0.254 e. The summed E-state index contributed by atoms with van der Waals surface area (Å²) in [6, 6.07) is 14.5. The van der Waals surface area contributed by atoms with E-state index in [1.165, 1.54) is 17.0 Å². The van der Waals surface area contributed by atoms with Crippen molar-refractivity contribution in [1.82, 2.24) is 9.80 Å². The van der Waals surface area contributed by atoms with Crippen LogP contribution in [0.5, 0.6) is 11.5 Å². The molecule has 0 saturated carbocycles. The average Bonchev–Trinajstić information content (AvgIpc) is 3.38. The summed E-state index contributed by atoms with van der Waals surface area (Å²) in [5.74, 6) is 0.278. The molecule has 2 atom stereocenters. The number of hydrogen-bond donors (Lipinski definition) is 0. The molecule has 6 nitrogen and oxygen atoms in total. The van der Waals surface area contributed by atoms with Gasteiger partial charge in [0.2, 0.25) is 5.91 Å². The molecule has 0 aliphatic carbocycles. The molecule has 0 saturated heterocycles. The van der Waals surface area contributed by atoms with Crippen molar-refractivity contribution in [3.8, 4) is 11.5 Å². The quantitative estimate of drug-likeness (QED) is 0.390. The molecule has 8 heteroatoms. The fourth-order valence-corrected chi connectivity index (χ4v) is 5.34. The number of nitrogens with zero attached hydrogens (tertiary/aromatic N) is 2. The third kappa shape index (κ3) is 5.70. The van der Waals surface area contributed by atoms with Gasteiger partial charge in [0.25, 0.3) is 5.91 Å². The van der Waals surface area contributed by atoms with Gasteiger partial charge in [0.05, 0.1) is 13.2 Å². The number of thiophene rings is 1. The highest BCUT2D eigenvalue weighted by atomic mass is 32.1. The Kier molecular flexibility index (Phi) is 8.25. The number of benzene rings is 2. The van der Waals surface area contributed by atoms with Gasteiger partial charge in [-0.05, 0) is 67.1 Å². The zero-order valence-electron chi connectivity index (χ0n) is 20.8. The first-order valence-electron chi connectivity index (χ1n) is 12.1. The minimum Gasteiger partial charge on any atom is -0.497 e. The molecule has 0 fully saturated rings. The Labute approximate surface area is 215 Å². The molecular weight excluding hydrogens is 479 g/mol. The van der Waals surface area contributed by atoms with Gasteiger partial charge in [0.15, 0.2) is 0 Å². The fraction of sp³-hybridized carbons (Fsp3) is 0.357. The number of halogens is 1. The van der Waals surface area contributed by atoms with E-state index in [9.17, 15) is 14.0 Å². The minimum absolute atomic E-state index is 0.0407. The Balaban J connectivity index is 1.55. The van der Waals surface area contributed by atoms with Crippen molar-refractivity contribution in [2.45, 2.75) is 38.8 Å². The average molecular weight is 511 g/mol. The first-order valence-corrected chi connectivity index (χ1v) is 13.0. The van der Waals surface area contributed by atoms with Crippen LogP contribution >= 0.6 is 11.3 Å². The largest absolute Gasteiger partial charge is 0.497 e. The molecule has 2 amide bonds. The predicted molar refractivity (Wildman–Crippen MR) is 138 cm³/mol. The van der Waals surface area contributed by atoms with Crippen molar-refractivity contribution in [3.05, 3.63) is 81.8 Å². The molecule has 3 aromatic rings. The van der Waals surface area contributed by atoms with Crippen molar-refractivity contribution in [2.75, 3.05) is 26.8 Å². The van der Waals surface area contributed by atoms with E-state index in [2.05, 4.69) is 0 Å². The monoisotopic (exact) mass is 510 g/mol. The SMILES string of the molecule is CC[C@@H](C)N(CC(=O)N1CCc2sccc2[C@H]1COc1cccc(F)c1)C(=O)c1cccc(OC)c1. The molecule has 0 unspecified atom stereocenters. The molecule has 1 aromatic heterocycles. The second-order valence-corrected chi connectivity index (χ2v) is 9.84. The van der Waals surface area contributed by atoms with E-state index in [1.807, 2.05) is 25.3 Å². The summed E-state index contributed by atoms with van der Waals surface area (Å²) in [7, 11) is 1.56. The zero-order chi connectivity index (χ0) is 25.7. The Hall–Kier alpha value is -3.39. The number of carbonyl (C=O) groups excluding carboxylic acids is 2. The van der Waals surface area contributed by atoms with Gasteiger partial charge >= 0.3 is 0 Å². The first-order chi connectivity index (χ1) is 17.4. The normalized spacial score (nSPS) is 15.7. The van der Waals surface area contributed by atoms with E-state index in [0.717, 1.165) is 12.0 Å². The van der Waals surface area contributed by atoms with Crippen LogP contribution in [-0.2, 0) is 11.2 Å². The molecule has 0 N–H and O–H groups in total. The van der Waals surface area contributed by atoms with E-state index >= 15 is 0 Å². The van der Waals surface area contributed by atoms with Gasteiger partial charge in [-0.1, -0.05) is 19.1 Å². The third-order valence-corrected chi connectivity index (χ3v) is 7.62. The second kappa shape index (κ2) is 11.6. The summed E-state index contributed by atoms with van der Waals surface area (Å²) >= 11 is 1.67. The summed E-state index contributed by atoms with van der Waals surface area (Å²) in [4.78, 5) is 31.8. The third-order valence-electron chi connectivity index (χ3n) is 6.63. The summed E-state index contributed by atoms with van der Waals surface area (Å²) in [6.45, 7) is 4.64. The van der Waals surface area contributed by atoms with Gasteiger partial charge in [-0.3, -0.25) is 9.59 Å². The maximum atomic E-state index is 13.7. The second-order valence-electron chi connectivity index (χ2n) is 8.84. The highest BCUT2D eigenvalue weighted by Crippen LogP contribution is 2.34. The van der Waals surface area contributed by atoms with Crippen LogP contribution in [0.25, 0.3) is 0 Å². The van der Waals surface area contributed by atoms with Gasteiger partial charge in [-0.2, -0.15) is 0 Å². The van der Waals surface area contributed by atoms with E-state index < -0.39 is 0 Å². The number of amides is 2. The van der Waals surface area contributed by atoms with Gasteiger partial charge in [0, 0.05) is 29.1 Å². The van der Waals surface area contributed by atoms with Crippen LogP contribution in [0.4, 0.5) is 4.39 Å². The van der Waals surface area contributed by atoms with Crippen LogP contribution in [-0.4, -0.2) is 54.5 Å². The lowest BCUT2D eigenvalue weighted by molar-refractivity contribution is -0.136. The van der Waals surface area contributed by atoms with Crippen LogP contribution in [0.3, 0.4) is 0 Å². The highest BCUT2D eigenvalue weighted by Gasteiger charge is 2.34. The molecule has 190 valence electrons. The van der Waals surface area contributed by atoms with Gasteiger partial charge in [0.1, 0.15) is 30.5 Å². The Bertz CT molecular complexity index is 1210. The van der Waals surface area contributed by atoms with Crippen molar-refractivity contribution >= 4 is 23.2 Å². The number of methoxy groups -OCH3 is 1. The number of ether oxygens (including phenoxy) is 2. The maximum Gasteiger partial charge on any atom is 0.254 e. The lowest BCUT2D eigenvalue weighted by atomic mass is 10.00. The van der Waals surface area contributed by atoms with E-state index in [-0.39, 0.29) is 42.9 Å². The number of fused-ring (bicyclic) bond motifs is 1. The van der Waals surface area contributed by atoms with Crippen molar-refractivity contribution in [3.63, 3.8) is 0 Å². The van der Waals surface area contributed by atoms with Crippen LogP contribution in [0.15, 0.2) is 60.0 Å². The van der Waals surface area contributed by atoms with Gasteiger partial charge < -0.3 is 19.3 Å². The Morgan fingerprint density at radius 2 is 1.94 bits per heavy atom. The molecule has 1 aliphatic heterocycles. The fourth-order valence-electron chi connectivity index (χ4n) is 4.41. The molecule has 2 heterocycles. The van der Waals surface area contributed by atoms with Crippen LogP contribution in [0, 0.1) is 5.82 Å². The minimum atomic E-state index is -0.374. The van der Waals surface area contributed by atoms with Gasteiger partial charge in [-0.15, -0.1) is 11.3 Å². The van der Waals surface area contributed by atoms with Crippen LogP contribution < -0.4 is 9.47 Å². The van der Waals surface area contributed by atoms with E-state index in [1.54, 1.807) is 64.6 Å². The lowest BCUT2D eigenvalue weighted by Gasteiger charge is -2.38. The molecule has 0 spiro atoms. The van der Waals surface area contributed by atoms with E-state index in [0.29, 0.717) is 30.0 Å². The first kappa shape index (κ1) is 25.7. The molecule has 0 radical (unpaired) electrons. The van der Waals surface area contributed by atoms with Gasteiger partial charge in [-0.25, -0.2) is 4.39 Å². The summed E-state index contributed by atoms with van der Waals surface area (Å²) in [5, 5.41) is 2.02. The molecule has 2 aromatic carbocycles. The lowest BCUT2D eigenvalue weighted by Crippen LogP contribution is -2.49. The standard InChI is InChI=1S/C28H31FN2O4S/c1-4-19(2)31(28(33)20-7-5-9-22(15-20)34-3)17-27(32)30-13-11-26-24(12-14-36-26)25(30)18-35-23-10-6-8-21(29)16-23/h5-10,12,14-16,19,25H,4,11,13,17-18H2,1-3H3/t19-,25-/m1/s1. The van der Waals surface area contributed by atoms with Crippen molar-refractivity contribution in [1.29, 1.82) is 0 Å². The van der Waals surface area contributed by atoms with Crippen molar-refractivity contribution < 1.29 is 23.5 Å². The van der Waals surface area contributed by atoms with Crippen molar-refractivity contribution in [2.24, 2.45) is 0 Å². The number of carbonyl (C=O) groups is 2. The topological polar surface area (TPSA) is 59.1 Å². The molecule has 4 rings (SSSR count). The Morgan fingerprint density at radius 1 is 1.17 bits per heavy atom. The predicted octanol–water partition coefficient (Wildman–Crippen LogP) is 5.34. The highest BCUT2D eigenvalue weighted by molar-refractivity contribution is 7.10. The number of hydrogen-bond acceptors (Lipinski definition) is 5. The number of rotatable bonds is 9. The maximum absolute atomic E-state index is 13.7. The van der Waals surface area contributed by atoms with E-state index in [4.69, 9.17) is 9.47 Å². The molecule has 0 bridgehead atoms. The zero-order valence-corrected chi connectivity index (χ0v) is 21.6. The Morgan fingerprint density at radius 3 is 2.69 bits per heavy atom. The molecular formula is C28H31FN2O4S. The van der Waals surface area contributed by atoms with Crippen LogP contribution in [0.1, 0.15) is 47.1 Å². The van der Waals surface area contributed by atoms with Crippen LogP contribution in [0.2, 0.25) is 0 Å². The summed E-state index contributed by atoms with van der Waals surface area (Å²) < 4.78 is 24.9. The summed E-state index contributed by atoms with van der Waals surface area (Å²) in [6.07, 6.45) is 1.46. The molecule has 36 heavy (non-hydrogen) atoms.